The number of amides is 1. The number of carbonyl (C=O) groups is 1. The molecule has 0 aromatic heterocycles. The van der Waals surface area contributed by atoms with Crippen molar-refractivity contribution in [2.45, 2.75) is 20.8 Å². The number of phosphoric ester groups is 1. The lowest BCUT2D eigenvalue weighted by molar-refractivity contribution is -0.126. The molecule has 13 heavy (non-hydrogen) atoms. The van der Waals surface area contributed by atoms with Gasteiger partial charge in [-0.25, -0.2) is 10.0 Å². The maximum Gasteiger partial charge on any atom is 0.496 e. The largest absolute Gasteiger partial charge is 0.496 e. The molecule has 0 unspecified atom stereocenters. The van der Waals surface area contributed by atoms with Crippen LogP contribution < -0.4 is 5.48 Å². The van der Waals surface area contributed by atoms with Crippen molar-refractivity contribution >= 4 is 13.7 Å². The fraction of sp³-hybridized carbons (Fsp3) is 0.833. The molecule has 0 aromatic carbocycles. The number of hydrogen-bond acceptors (Lipinski definition) is 5. The normalized spacial score (nSPS) is 11.3. The molecular weight excluding hydrogens is 197 g/mol. The van der Waals surface area contributed by atoms with Crippen molar-refractivity contribution in [3.05, 3.63) is 0 Å². The van der Waals surface area contributed by atoms with Gasteiger partial charge < -0.3 is 0 Å². The van der Waals surface area contributed by atoms with Crippen molar-refractivity contribution in [1.82, 2.24) is 5.48 Å². The minimum atomic E-state index is -3.61. The van der Waals surface area contributed by atoms with Crippen LogP contribution in [-0.4, -0.2) is 19.1 Å². The van der Waals surface area contributed by atoms with Crippen LogP contribution in [0.15, 0.2) is 0 Å². The van der Waals surface area contributed by atoms with Gasteiger partial charge in [-0.15, -0.1) is 0 Å². The molecule has 0 aliphatic carbocycles. The molecule has 0 spiro atoms. The molecule has 0 rings (SSSR count). The predicted octanol–water partition coefficient (Wildman–Crippen LogP) is 1.24. The quantitative estimate of drug-likeness (QED) is 0.528. The monoisotopic (exact) mass is 211 g/mol. The van der Waals surface area contributed by atoms with Crippen molar-refractivity contribution in [3.63, 3.8) is 0 Å². The van der Waals surface area contributed by atoms with E-state index in [-0.39, 0.29) is 13.2 Å². The van der Waals surface area contributed by atoms with Crippen molar-refractivity contribution in [2.24, 2.45) is 0 Å². The topological polar surface area (TPSA) is 73.9 Å². The third-order valence-electron chi connectivity index (χ3n) is 0.876. The zero-order chi connectivity index (χ0) is 10.3. The molecule has 0 aliphatic rings. The summed E-state index contributed by atoms with van der Waals surface area (Å²) >= 11 is 0. The van der Waals surface area contributed by atoms with Gasteiger partial charge in [0.25, 0.3) is 0 Å². The van der Waals surface area contributed by atoms with Crippen LogP contribution in [-0.2, 0) is 23.0 Å². The van der Waals surface area contributed by atoms with Crippen LogP contribution >= 0.6 is 7.82 Å². The molecule has 0 heterocycles. The molecule has 0 saturated carbocycles. The van der Waals surface area contributed by atoms with Crippen molar-refractivity contribution in [2.75, 3.05) is 13.2 Å². The zero-order valence-electron chi connectivity index (χ0n) is 7.90. The number of hydrogen-bond donors (Lipinski definition) is 1. The second kappa shape index (κ2) is 6.10. The fourth-order valence-electron chi connectivity index (χ4n) is 0.526. The van der Waals surface area contributed by atoms with Crippen LogP contribution in [0.3, 0.4) is 0 Å². The Hall–Kier alpha value is -0.420. The third kappa shape index (κ3) is 5.76. The average Bonchev–Trinajstić information content (AvgIpc) is 2.02. The van der Waals surface area contributed by atoms with Crippen LogP contribution in [0.1, 0.15) is 20.8 Å². The Morgan fingerprint density at radius 1 is 1.31 bits per heavy atom. The molecule has 0 saturated heterocycles. The lowest BCUT2D eigenvalue weighted by Gasteiger charge is -2.14. The number of carbonyl (C=O) groups excluding carboxylic acids is 1. The molecular formula is C6H14NO5P. The summed E-state index contributed by atoms with van der Waals surface area (Å²) in [6, 6.07) is 0. The molecule has 0 bridgehead atoms. The molecule has 1 N–H and O–H groups in total. The van der Waals surface area contributed by atoms with Gasteiger partial charge in [0.15, 0.2) is 0 Å². The Balaban J connectivity index is 4.07. The second-order valence-electron chi connectivity index (χ2n) is 2.03. The van der Waals surface area contributed by atoms with Gasteiger partial charge in [-0.3, -0.25) is 13.8 Å². The predicted molar refractivity (Wildman–Crippen MR) is 45.8 cm³/mol. The maximum atomic E-state index is 11.4. The van der Waals surface area contributed by atoms with E-state index in [1.807, 2.05) is 5.48 Å². The molecule has 0 aromatic rings. The summed E-state index contributed by atoms with van der Waals surface area (Å²) in [6.45, 7) is 4.86. The SMILES string of the molecule is CCOP(=O)(OCC)ONC(C)=O. The summed E-state index contributed by atoms with van der Waals surface area (Å²) in [4.78, 5) is 10.4. The van der Waals surface area contributed by atoms with E-state index < -0.39 is 13.7 Å². The summed E-state index contributed by atoms with van der Waals surface area (Å²) in [5, 5.41) is 0. The Kier molecular flexibility index (Phi) is 5.90. The van der Waals surface area contributed by atoms with Crippen molar-refractivity contribution in [1.29, 1.82) is 0 Å². The van der Waals surface area contributed by atoms with Crippen LogP contribution in [0.25, 0.3) is 0 Å². The van der Waals surface area contributed by atoms with E-state index in [2.05, 4.69) is 4.62 Å². The van der Waals surface area contributed by atoms with E-state index in [1.54, 1.807) is 13.8 Å². The minimum absolute atomic E-state index is 0.177. The molecule has 6 nitrogen and oxygen atoms in total. The lowest BCUT2D eigenvalue weighted by atomic mass is 10.8. The summed E-state index contributed by atoms with van der Waals surface area (Å²) in [7, 11) is -3.61. The Labute approximate surface area is 77.1 Å². The van der Waals surface area contributed by atoms with E-state index in [9.17, 15) is 9.36 Å². The van der Waals surface area contributed by atoms with Crippen LogP contribution in [0, 0.1) is 0 Å². The highest BCUT2D eigenvalue weighted by Crippen LogP contribution is 2.47. The molecule has 7 heteroatoms. The van der Waals surface area contributed by atoms with Crippen LogP contribution in [0.2, 0.25) is 0 Å². The zero-order valence-corrected chi connectivity index (χ0v) is 8.80. The maximum absolute atomic E-state index is 11.4. The summed E-state index contributed by atoms with van der Waals surface area (Å²) in [5.74, 6) is -0.473. The van der Waals surface area contributed by atoms with Gasteiger partial charge in [0.2, 0.25) is 5.91 Å². The molecule has 0 fully saturated rings. The number of hydroxylamine groups is 1. The Morgan fingerprint density at radius 2 is 1.77 bits per heavy atom. The average molecular weight is 211 g/mol. The van der Waals surface area contributed by atoms with Gasteiger partial charge in [-0.2, -0.15) is 4.62 Å². The van der Waals surface area contributed by atoms with Crippen LogP contribution in [0.5, 0.6) is 0 Å². The number of rotatable bonds is 6. The van der Waals surface area contributed by atoms with E-state index in [4.69, 9.17) is 9.05 Å². The fourth-order valence-corrected chi connectivity index (χ4v) is 1.58. The highest BCUT2D eigenvalue weighted by molar-refractivity contribution is 7.48. The highest BCUT2D eigenvalue weighted by atomic mass is 31.2. The van der Waals surface area contributed by atoms with Crippen molar-refractivity contribution in [3.8, 4) is 0 Å². The first-order chi connectivity index (χ1) is 6.04. The van der Waals surface area contributed by atoms with E-state index in [1.165, 1.54) is 6.92 Å². The molecule has 1 amide bonds. The van der Waals surface area contributed by atoms with Crippen LogP contribution in [0.4, 0.5) is 0 Å². The summed E-state index contributed by atoms with van der Waals surface area (Å²) in [5.41, 5.74) is 1.90. The smallest absolute Gasteiger partial charge is 0.286 e. The lowest BCUT2D eigenvalue weighted by Crippen LogP contribution is -2.20. The standard InChI is InChI=1S/C6H14NO5P/c1-4-10-13(9,11-5-2)12-7-6(3)8/h4-5H2,1-3H3,(H,7,8). The molecule has 0 aliphatic heterocycles. The third-order valence-corrected chi connectivity index (χ3v) is 2.34. The molecule has 78 valence electrons. The molecule has 0 atom stereocenters. The second-order valence-corrected chi connectivity index (χ2v) is 3.63. The van der Waals surface area contributed by atoms with Gasteiger partial charge in [0.05, 0.1) is 13.2 Å². The Morgan fingerprint density at radius 3 is 2.08 bits per heavy atom. The van der Waals surface area contributed by atoms with Crippen molar-refractivity contribution < 1.29 is 23.0 Å². The highest BCUT2D eigenvalue weighted by Gasteiger charge is 2.26. The number of phosphoric acid groups is 1. The summed E-state index contributed by atoms with van der Waals surface area (Å²) in [6.07, 6.45) is 0. The Bertz CT molecular complexity index is 197. The molecule has 0 radical (unpaired) electrons. The van der Waals surface area contributed by atoms with Gasteiger partial charge in [-0.1, -0.05) is 0 Å². The van der Waals surface area contributed by atoms with Gasteiger partial charge in [-0.05, 0) is 13.8 Å². The first-order valence-electron chi connectivity index (χ1n) is 3.88. The van der Waals surface area contributed by atoms with Gasteiger partial charge in [0.1, 0.15) is 0 Å². The van der Waals surface area contributed by atoms with E-state index >= 15 is 0 Å². The first kappa shape index (κ1) is 12.6. The van der Waals surface area contributed by atoms with Gasteiger partial charge in [0, 0.05) is 6.92 Å². The minimum Gasteiger partial charge on any atom is -0.286 e. The van der Waals surface area contributed by atoms with E-state index in [0.717, 1.165) is 0 Å². The van der Waals surface area contributed by atoms with Gasteiger partial charge >= 0.3 is 7.82 Å². The van der Waals surface area contributed by atoms with E-state index in [0.29, 0.717) is 0 Å². The summed E-state index contributed by atoms with van der Waals surface area (Å²) < 4.78 is 25.4. The number of nitrogens with one attached hydrogen (secondary N) is 1. The first-order valence-corrected chi connectivity index (χ1v) is 5.34.